The number of rotatable bonds is 5. The van der Waals surface area contributed by atoms with Crippen LogP contribution in [0, 0.1) is 0 Å². The summed E-state index contributed by atoms with van der Waals surface area (Å²) in [6, 6.07) is 15.1. The van der Waals surface area contributed by atoms with E-state index < -0.39 is 0 Å². The molecule has 1 atom stereocenters. The molecule has 7 heteroatoms. The van der Waals surface area contributed by atoms with Crippen molar-refractivity contribution in [3.63, 3.8) is 0 Å². The molecule has 1 unspecified atom stereocenters. The molecule has 3 aromatic rings. The Morgan fingerprint density at radius 2 is 2.04 bits per heavy atom. The van der Waals surface area contributed by atoms with Crippen molar-refractivity contribution in [2.75, 3.05) is 5.32 Å². The predicted octanol–water partition coefficient (Wildman–Crippen LogP) is 4.04. The standard InChI is InChI=1S/C17H15ClN4OS/c1-12(24-14-5-3-2-4-6-14)17(23)21-15-9-13(18)7-8-16(15)22-11-19-10-20-22/h2-12H,1H3,(H,21,23). The van der Waals surface area contributed by atoms with Gasteiger partial charge in [-0.3, -0.25) is 4.79 Å². The monoisotopic (exact) mass is 358 g/mol. The molecular formula is C17H15ClN4OS. The lowest BCUT2D eigenvalue weighted by Crippen LogP contribution is -2.23. The molecule has 0 aliphatic heterocycles. The Morgan fingerprint density at radius 1 is 1.25 bits per heavy atom. The van der Waals surface area contributed by atoms with Gasteiger partial charge in [0.25, 0.3) is 0 Å². The van der Waals surface area contributed by atoms with Gasteiger partial charge in [-0.1, -0.05) is 29.8 Å². The van der Waals surface area contributed by atoms with Gasteiger partial charge in [0.15, 0.2) is 0 Å². The number of carbonyl (C=O) groups is 1. The highest BCUT2D eigenvalue weighted by atomic mass is 35.5. The fourth-order valence-electron chi connectivity index (χ4n) is 2.13. The molecule has 0 aliphatic rings. The van der Waals surface area contributed by atoms with E-state index in [0.717, 1.165) is 4.90 Å². The molecule has 24 heavy (non-hydrogen) atoms. The Labute approximate surface area is 149 Å². The lowest BCUT2D eigenvalue weighted by Gasteiger charge is -2.15. The molecule has 0 radical (unpaired) electrons. The smallest absolute Gasteiger partial charge is 0.237 e. The average molecular weight is 359 g/mol. The summed E-state index contributed by atoms with van der Waals surface area (Å²) in [4.78, 5) is 17.5. The molecule has 1 heterocycles. The first-order valence-electron chi connectivity index (χ1n) is 7.30. The van der Waals surface area contributed by atoms with Crippen LogP contribution in [0.3, 0.4) is 0 Å². The maximum absolute atomic E-state index is 12.5. The van der Waals surface area contributed by atoms with E-state index in [4.69, 9.17) is 11.6 Å². The predicted molar refractivity (Wildman–Crippen MR) is 96.8 cm³/mol. The van der Waals surface area contributed by atoms with Crippen molar-refractivity contribution in [2.24, 2.45) is 0 Å². The molecule has 0 spiro atoms. The number of hydrogen-bond donors (Lipinski definition) is 1. The zero-order valence-electron chi connectivity index (χ0n) is 12.9. The fraction of sp³-hybridized carbons (Fsp3) is 0.118. The van der Waals surface area contributed by atoms with Crippen LogP contribution in [-0.2, 0) is 4.79 Å². The van der Waals surface area contributed by atoms with Crippen molar-refractivity contribution in [3.05, 3.63) is 66.2 Å². The van der Waals surface area contributed by atoms with E-state index in [9.17, 15) is 4.79 Å². The third-order valence-electron chi connectivity index (χ3n) is 3.31. The van der Waals surface area contributed by atoms with Crippen molar-refractivity contribution in [1.82, 2.24) is 14.8 Å². The number of aromatic nitrogens is 3. The molecule has 5 nitrogen and oxygen atoms in total. The number of carbonyl (C=O) groups excluding carboxylic acids is 1. The topological polar surface area (TPSA) is 59.8 Å². The Hall–Kier alpha value is -2.31. The lowest BCUT2D eigenvalue weighted by molar-refractivity contribution is -0.115. The average Bonchev–Trinajstić information content (AvgIpc) is 3.10. The first-order valence-corrected chi connectivity index (χ1v) is 8.56. The maximum atomic E-state index is 12.5. The molecule has 1 aromatic heterocycles. The number of thioether (sulfide) groups is 1. The molecule has 1 N–H and O–H groups in total. The van der Waals surface area contributed by atoms with Crippen LogP contribution in [0.5, 0.6) is 0 Å². The maximum Gasteiger partial charge on any atom is 0.237 e. The van der Waals surface area contributed by atoms with Gasteiger partial charge in [-0.2, -0.15) is 5.10 Å². The summed E-state index contributed by atoms with van der Waals surface area (Å²) in [5, 5.41) is 7.31. The third kappa shape index (κ3) is 3.96. The number of halogens is 1. The minimum absolute atomic E-state index is 0.104. The number of amides is 1. The quantitative estimate of drug-likeness (QED) is 0.699. The zero-order valence-corrected chi connectivity index (χ0v) is 14.5. The highest BCUT2D eigenvalue weighted by molar-refractivity contribution is 8.00. The van der Waals surface area contributed by atoms with Gasteiger partial charge in [0, 0.05) is 9.92 Å². The van der Waals surface area contributed by atoms with E-state index in [0.29, 0.717) is 16.4 Å². The molecule has 1 amide bonds. The number of anilines is 1. The summed E-state index contributed by atoms with van der Waals surface area (Å²) in [5.41, 5.74) is 1.31. The summed E-state index contributed by atoms with van der Waals surface area (Å²) < 4.78 is 1.58. The van der Waals surface area contributed by atoms with Crippen molar-refractivity contribution >= 4 is 35.0 Å². The molecule has 2 aromatic carbocycles. The van der Waals surface area contributed by atoms with Crippen LogP contribution in [0.1, 0.15) is 6.92 Å². The van der Waals surface area contributed by atoms with Crippen molar-refractivity contribution in [2.45, 2.75) is 17.1 Å². The molecule has 122 valence electrons. The minimum atomic E-state index is -0.255. The van der Waals surface area contributed by atoms with E-state index in [1.165, 1.54) is 18.1 Å². The SMILES string of the molecule is CC(Sc1ccccc1)C(=O)Nc1cc(Cl)ccc1-n1cncn1. The molecule has 3 rings (SSSR count). The van der Waals surface area contributed by atoms with Crippen LogP contribution in [0.25, 0.3) is 5.69 Å². The van der Waals surface area contributed by atoms with Crippen LogP contribution in [0.4, 0.5) is 5.69 Å². The van der Waals surface area contributed by atoms with Crippen molar-refractivity contribution < 1.29 is 4.79 Å². The van der Waals surface area contributed by atoms with E-state index in [1.807, 2.05) is 37.3 Å². The molecule has 0 bridgehead atoms. The first-order chi connectivity index (χ1) is 11.6. The van der Waals surface area contributed by atoms with Gasteiger partial charge in [0.2, 0.25) is 5.91 Å². The van der Waals surface area contributed by atoms with Gasteiger partial charge in [-0.15, -0.1) is 11.8 Å². The summed E-state index contributed by atoms with van der Waals surface area (Å²) in [5.74, 6) is -0.104. The molecule has 0 fully saturated rings. The number of hydrogen-bond acceptors (Lipinski definition) is 4. The van der Waals surface area contributed by atoms with Crippen molar-refractivity contribution in [3.8, 4) is 5.69 Å². The van der Waals surface area contributed by atoms with Gasteiger partial charge in [-0.05, 0) is 37.3 Å². The van der Waals surface area contributed by atoms with Crippen molar-refractivity contribution in [1.29, 1.82) is 0 Å². The molecule has 0 saturated heterocycles. The molecule has 0 saturated carbocycles. The summed E-state index contributed by atoms with van der Waals surface area (Å²) in [6.07, 6.45) is 3.01. The second-order valence-electron chi connectivity index (χ2n) is 5.06. The lowest BCUT2D eigenvalue weighted by atomic mass is 10.2. The van der Waals surface area contributed by atoms with E-state index >= 15 is 0 Å². The highest BCUT2D eigenvalue weighted by Gasteiger charge is 2.17. The highest BCUT2D eigenvalue weighted by Crippen LogP contribution is 2.27. The second-order valence-corrected chi connectivity index (χ2v) is 6.91. The van der Waals surface area contributed by atoms with Crippen LogP contribution in [-0.4, -0.2) is 25.9 Å². The van der Waals surface area contributed by atoms with E-state index in [-0.39, 0.29) is 11.2 Å². The van der Waals surface area contributed by atoms with Gasteiger partial charge < -0.3 is 5.32 Å². The Morgan fingerprint density at radius 3 is 2.75 bits per heavy atom. The Bertz CT molecular complexity index is 824. The Kier molecular flexibility index (Phi) is 5.17. The second kappa shape index (κ2) is 7.51. The number of nitrogens with zero attached hydrogens (tertiary/aromatic N) is 3. The van der Waals surface area contributed by atoms with Crippen LogP contribution >= 0.6 is 23.4 Å². The molecular weight excluding hydrogens is 344 g/mol. The van der Waals surface area contributed by atoms with Crippen LogP contribution in [0.2, 0.25) is 5.02 Å². The Balaban J connectivity index is 1.78. The van der Waals surface area contributed by atoms with Gasteiger partial charge in [-0.25, -0.2) is 9.67 Å². The largest absolute Gasteiger partial charge is 0.323 e. The zero-order chi connectivity index (χ0) is 16.9. The summed E-state index contributed by atoms with van der Waals surface area (Å²) in [7, 11) is 0. The van der Waals surface area contributed by atoms with Gasteiger partial charge in [0.05, 0.1) is 16.6 Å². The van der Waals surface area contributed by atoms with E-state index in [1.54, 1.807) is 29.2 Å². The number of benzene rings is 2. The van der Waals surface area contributed by atoms with Gasteiger partial charge >= 0.3 is 0 Å². The van der Waals surface area contributed by atoms with Crippen LogP contribution in [0.15, 0.2) is 66.1 Å². The minimum Gasteiger partial charge on any atom is -0.323 e. The summed E-state index contributed by atoms with van der Waals surface area (Å²) in [6.45, 7) is 1.87. The van der Waals surface area contributed by atoms with Gasteiger partial charge in [0.1, 0.15) is 12.7 Å². The van der Waals surface area contributed by atoms with Crippen LogP contribution < -0.4 is 5.32 Å². The van der Waals surface area contributed by atoms with E-state index in [2.05, 4.69) is 15.4 Å². The summed E-state index contributed by atoms with van der Waals surface area (Å²) >= 11 is 7.57. The fourth-order valence-corrected chi connectivity index (χ4v) is 3.19. The third-order valence-corrected chi connectivity index (χ3v) is 4.65. The number of nitrogens with one attached hydrogen (secondary N) is 1. The molecule has 0 aliphatic carbocycles. The normalized spacial score (nSPS) is 11.9. The first kappa shape index (κ1) is 16.5.